The SMILES string of the molecule is CN1CCc2c(OC3CCNC3)c(F)cc3c(=O)c(C(=O)O)cn1c23. The van der Waals surface area contributed by atoms with E-state index in [4.69, 9.17) is 4.74 Å². The highest BCUT2D eigenvalue weighted by atomic mass is 19.1. The molecule has 132 valence electrons. The summed E-state index contributed by atoms with van der Waals surface area (Å²) >= 11 is 0. The molecule has 1 saturated heterocycles. The Labute approximate surface area is 142 Å². The van der Waals surface area contributed by atoms with Crippen molar-refractivity contribution in [2.75, 3.05) is 31.7 Å². The second-order valence-electron chi connectivity index (χ2n) is 6.45. The molecule has 1 unspecified atom stereocenters. The van der Waals surface area contributed by atoms with Gasteiger partial charge in [0.25, 0.3) is 0 Å². The molecule has 3 heterocycles. The standard InChI is InChI=1S/C17H18FN3O4/c1-20-5-3-10-14-11(15(22)12(17(23)24)8-21(14)20)6-13(18)16(10)25-9-2-4-19-7-9/h6,8-9,19H,2-5,7H2,1H3,(H,23,24). The Hall–Kier alpha value is -2.61. The van der Waals surface area contributed by atoms with Crippen LogP contribution in [0.15, 0.2) is 17.1 Å². The van der Waals surface area contributed by atoms with E-state index in [1.54, 1.807) is 16.7 Å². The van der Waals surface area contributed by atoms with E-state index < -0.39 is 17.2 Å². The van der Waals surface area contributed by atoms with E-state index in [1.807, 2.05) is 0 Å². The first kappa shape index (κ1) is 15.9. The summed E-state index contributed by atoms with van der Waals surface area (Å²) in [6.07, 6.45) is 2.50. The van der Waals surface area contributed by atoms with Gasteiger partial charge in [-0.25, -0.2) is 9.18 Å². The number of nitrogens with zero attached hydrogens (tertiary/aromatic N) is 2. The van der Waals surface area contributed by atoms with Crippen molar-refractivity contribution in [1.29, 1.82) is 0 Å². The molecular weight excluding hydrogens is 329 g/mol. The maximum absolute atomic E-state index is 14.7. The van der Waals surface area contributed by atoms with Gasteiger partial charge in [0.05, 0.1) is 10.9 Å². The molecule has 2 aliphatic rings. The third kappa shape index (κ3) is 2.44. The van der Waals surface area contributed by atoms with Gasteiger partial charge in [-0.3, -0.25) is 9.47 Å². The van der Waals surface area contributed by atoms with Gasteiger partial charge in [-0.1, -0.05) is 0 Å². The number of rotatable bonds is 3. The quantitative estimate of drug-likeness (QED) is 0.851. The van der Waals surface area contributed by atoms with E-state index in [9.17, 15) is 19.1 Å². The molecule has 1 aromatic heterocycles. The first-order valence-corrected chi connectivity index (χ1v) is 8.20. The molecular formula is C17H18FN3O4. The molecule has 1 atom stereocenters. The van der Waals surface area contributed by atoms with Gasteiger partial charge in [0.15, 0.2) is 11.6 Å². The van der Waals surface area contributed by atoms with Gasteiger partial charge in [0.1, 0.15) is 11.7 Å². The molecule has 2 N–H and O–H groups in total. The molecule has 2 aromatic rings. The molecule has 0 radical (unpaired) electrons. The Bertz CT molecular complexity index is 934. The number of aromatic nitrogens is 1. The van der Waals surface area contributed by atoms with Gasteiger partial charge in [-0.05, 0) is 25.5 Å². The van der Waals surface area contributed by atoms with E-state index in [1.165, 1.54) is 6.20 Å². The predicted octanol–water partition coefficient (Wildman–Crippen LogP) is 0.703. The molecule has 0 amide bonds. The fourth-order valence-corrected chi connectivity index (χ4v) is 3.56. The summed E-state index contributed by atoms with van der Waals surface area (Å²) in [4.78, 5) is 23.9. The lowest BCUT2D eigenvalue weighted by molar-refractivity contribution is 0.0695. The highest BCUT2D eigenvalue weighted by Gasteiger charge is 2.28. The van der Waals surface area contributed by atoms with Crippen molar-refractivity contribution in [2.45, 2.75) is 18.9 Å². The summed E-state index contributed by atoms with van der Waals surface area (Å²) in [5.41, 5.74) is 0.0867. The van der Waals surface area contributed by atoms with Gasteiger partial charge >= 0.3 is 5.97 Å². The Balaban J connectivity index is 1.99. The molecule has 0 spiro atoms. The lowest BCUT2D eigenvalue weighted by Crippen LogP contribution is -2.38. The van der Waals surface area contributed by atoms with Crippen LogP contribution in [0.5, 0.6) is 5.75 Å². The average Bonchev–Trinajstić information content (AvgIpc) is 3.08. The van der Waals surface area contributed by atoms with Crippen molar-refractivity contribution < 1.29 is 19.0 Å². The van der Waals surface area contributed by atoms with Gasteiger partial charge in [-0.15, -0.1) is 0 Å². The van der Waals surface area contributed by atoms with Crippen LogP contribution in [0.25, 0.3) is 10.9 Å². The summed E-state index contributed by atoms with van der Waals surface area (Å²) < 4.78 is 22.2. The van der Waals surface area contributed by atoms with Crippen molar-refractivity contribution in [1.82, 2.24) is 9.99 Å². The molecule has 25 heavy (non-hydrogen) atoms. The highest BCUT2D eigenvalue weighted by molar-refractivity contribution is 5.94. The number of benzene rings is 1. The van der Waals surface area contributed by atoms with Gasteiger partial charge in [0.2, 0.25) is 5.43 Å². The van der Waals surface area contributed by atoms with Crippen LogP contribution in [0.3, 0.4) is 0 Å². The van der Waals surface area contributed by atoms with Crippen LogP contribution in [0.2, 0.25) is 0 Å². The number of pyridine rings is 1. The van der Waals surface area contributed by atoms with Crippen LogP contribution in [0.1, 0.15) is 22.3 Å². The van der Waals surface area contributed by atoms with Crippen LogP contribution >= 0.6 is 0 Å². The largest absolute Gasteiger partial charge is 0.486 e. The number of carbonyl (C=O) groups is 1. The number of halogens is 1. The molecule has 2 aliphatic heterocycles. The fraction of sp³-hybridized carbons (Fsp3) is 0.412. The van der Waals surface area contributed by atoms with Crippen LogP contribution < -0.4 is 20.5 Å². The van der Waals surface area contributed by atoms with Crippen molar-refractivity contribution in [3.05, 3.63) is 39.4 Å². The monoisotopic (exact) mass is 347 g/mol. The average molecular weight is 347 g/mol. The normalized spacial score (nSPS) is 19.4. The summed E-state index contributed by atoms with van der Waals surface area (Å²) in [5.74, 6) is -1.77. The maximum Gasteiger partial charge on any atom is 0.341 e. The fourth-order valence-electron chi connectivity index (χ4n) is 3.56. The molecule has 8 heteroatoms. The third-order valence-electron chi connectivity index (χ3n) is 4.86. The van der Waals surface area contributed by atoms with Crippen LogP contribution in [-0.4, -0.2) is 48.5 Å². The van der Waals surface area contributed by atoms with E-state index in [2.05, 4.69) is 5.32 Å². The van der Waals surface area contributed by atoms with Gasteiger partial charge in [-0.2, -0.15) is 0 Å². The summed E-state index contributed by atoms with van der Waals surface area (Å²) in [7, 11) is 1.79. The topological polar surface area (TPSA) is 83.8 Å². The second kappa shape index (κ2) is 5.73. The van der Waals surface area contributed by atoms with Crippen LogP contribution in [-0.2, 0) is 6.42 Å². The number of nitrogens with one attached hydrogen (secondary N) is 1. The molecule has 0 saturated carbocycles. The van der Waals surface area contributed by atoms with Crippen molar-refractivity contribution in [2.24, 2.45) is 0 Å². The molecule has 4 rings (SSSR count). The number of carboxylic acid groups (broad SMARTS) is 1. The van der Waals surface area contributed by atoms with Crippen molar-refractivity contribution in [3.8, 4) is 5.75 Å². The molecule has 1 fully saturated rings. The molecule has 0 bridgehead atoms. The molecule has 0 aliphatic carbocycles. The third-order valence-corrected chi connectivity index (χ3v) is 4.86. The Morgan fingerprint density at radius 3 is 2.96 bits per heavy atom. The maximum atomic E-state index is 14.7. The summed E-state index contributed by atoms with van der Waals surface area (Å²) in [5, 5.41) is 14.3. The summed E-state index contributed by atoms with van der Waals surface area (Å²) in [6.45, 7) is 2.04. The minimum Gasteiger partial charge on any atom is -0.486 e. The number of carboxylic acids is 1. The van der Waals surface area contributed by atoms with Gasteiger partial charge < -0.3 is 20.2 Å². The lowest BCUT2D eigenvalue weighted by atomic mass is 10.0. The number of aromatic carboxylic acids is 1. The Morgan fingerprint density at radius 1 is 1.48 bits per heavy atom. The first-order chi connectivity index (χ1) is 12.0. The first-order valence-electron chi connectivity index (χ1n) is 8.20. The number of ether oxygens (including phenoxy) is 1. The smallest absolute Gasteiger partial charge is 0.341 e. The number of hydrogen-bond donors (Lipinski definition) is 2. The second-order valence-corrected chi connectivity index (χ2v) is 6.45. The van der Waals surface area contributed by atoms with E-state index >= 15 is 0 Å². The summed E-state index contributed by atoms with van der Waals surface area (Å²) in [6, 6.07) is 1.10. The van der Waals surface area contributed by atoms with E-state index in [-0.39, 0.29) is 22.8 Å². The Morgan fingerprint density at radius 2 is 2.28 bits per heavy atom. The van der Waals surface area contributed by atoms with Crippen molar-refractivity contribution >= 4 is 16.9 Å². The highest BCUT2D eigenvalue weighted by Crippen LogP contribution is 2.34. The number of hydrogen-bond acceptors (Lipinski definition) is 5. The van der Waals surface area contributed by atoms with E-state index in [0.717, 1.165) is 19.0 Å². The zero-order valence-corrected chi connectivity index (χ0v) is 13.7. The predicted molar refractivity (Wildman–Crippen MR) is 89.7 cm³/mol. The van der Waals surface area contributed by atoms with Crippen LogP contribution in [0, 0.1) is 5.82 Å². The minimum absolute atomic E-state index is 0.0656. The lowest BCUT2D eigenvalue weighted by Gasteiger charge is -2.32. The zero-order valence-electron chi connectivity index (χ0n) is 13.7. The van der Waals surface area contributed by atoms with E-state index in [0.29, 0.717) is 30.6 Å². The van der Waals surface area contributed by atoms with Crippen molar-refractivity contribution in [3.63, 3.8) is 0 Å². The van der Waals surface area contributed by atoms with Gasteiger partial charge in [0, 0.05) is 31.9 Å². The number of likely N-dealkylation sites (N-methyl/N-ethyl adjacent to an activating group) is 1. The minimum atomic E-state index is -1.33. The Kier molecular flexibility index (Phi) is 3.64. The molecule has 1 aromatic carbocycles. The molecule has 7 nitrogen and oxygen atoms in total. The van der Waals surface area contributed by atoms with Crippen LogP contribution in [0.4, 0.5) is 4.39 Å². The zero-order chi connectivity index (χ0) is 17.7.